The number of nitrogens with zero attached hydrogens (tertiary/aromatic N) is 4. The smallest absolute Gasteiger partial charge is 0.272 e. The molecule has 0 atom stereocenters. The van der Waals surface area contributed by atoms with Gasteiger partial charge in [-0.1, -0.05) is 30.3 Å². The molecule has 0 aliphatic heterocycles. The van der Waals surface area contributed by atoms with E-state index in [2.05, 4.69) is 15.2 Å². The van der Waals surface area contributed by atoms with E-state index in [9.17, 15) is 13.2 Å². The van der Waals surface area contributed by atoms with Crippen LogP contribution >= 0.6 is 0 Å². The largest absolute Gasteiger partial charge is 0.416 e. The van der Waals surface area contributed by atoms with Crippen LogP contribution in [0.25, 0.3) is 38.2 Å². The molecule has 0 radical (unpaired) electrons. The summed E-state index contributed by atoms with van der Waals surface area (Å²) in [5.41, 5.74) is 0.0335. The normalized spacial score (nSPS) is 12.6. The lowest BCUT2D eigenvalue weighted by molar-refractivity contribution is -0.137. The van der Waals surface area contributed by atoms with E-state index in [1.165, 1.54) is 18.5 Å². The molecule has 25 heavy (non-hydrogen) atoms. The summed E-state index contributed by atoms with van der Waals surface area (Å²) in [6, 6.07) is 11.1. The van der Waals surface area contributed by atoms with Gasteiger partial charge in [0.15, 0.2) is 0 Å². The van der Waals surface area contributed by atoms with Gasteiger partial charge in [-0.05, 0) is 28.3 Å². The lowest BCUT2D eigenvalue weighted by atomic mass is 9.96. The van der Waals surface area contributed by atoms with Gasteiger partial charge in [0.25, 0.3) is 5.78 Å². The van der Waals surface area contributed by atoms with Crippen LogP contribution < -0.4 is 0 Å². The van der Waals surface area contributed by atoms with Gasteiger partial charge in [0.2, 0.25) is 0 Å². The molecule has 2 aromatic heterocycles. The first-order valence-electron chi connectivity index (χ1n) is 7.54. The summed E-state index contributed by atoms with van der Waals surface area (Å²) in [5.74, 6) is 0.448. The second-order valence-corrected chi connectivity index (χ2v) is 5.85. The average Bonchev–Trinajstić information content (AvgIpc) is 3.07. The van der Waals surface area contributed by atoms with Crippen LogP contribution in [0.4, 0.5) is 13.2 Å². The molecule has 0 spiro atoms. The first kappa shape index (κ1) is 14.2. The molecule has 0 saturated carbocycles. The number of hydrogen-bond donors (Lipinski definition) is 0. The van der Waals surface area contributed by atoms with Crippen LogP contribution in [-0.2, 0) is 6.18 Å². The molecule has 5 aromatic rings. The number of benzene rings is 3. The van der Waals surface area contributed by atoms with E-state index < -0.39 is 11.7 Å². The Morgan fingerprint density at radius 3 is 2.40 bits per heavy atom. The fraction of sp³-hybridized carbons (Fsp3) is 0.0556. The molecule has 7 heteroatoms. The van der Waals surface area contributed by atoms with Crippen molar-refractivity contribution in [2.24, 2.45) is 0 Å². The minimum Gasteiger partial charge on any atom is -0.272 e. The van der Waals surface area contributed by atoms with E-state index in [1.54, 1.807) is 10.6 Å². The minimum absolute atomic E-state index is 0.448. The summed E-state index contributed by atoms with van der Waals surface area (Å²) in [5, 5.41) is 11.3. The van der Waals surface area contributed by atoms with Gasteiger partial charge >= 0.3 is 6.18 Å². The van der Waals surface area contributed by atoms with Crippen molar-refractivity contribution in [2.45, 2.75) is 6.18 Å². The molecular formula is C18H9F3N4. The van der Waals surface area contributed by atoms with Crippen molar-refractivity contribution in [3.05, 3.63) is 60.6 Å². The number of alkyl halides is 3. The maximum Gasteiger partial charge on any atom is 0.416 e. The minimum atomic E-state index is -4.39. The van der Waals surface area contributed by atoms with Crippen LogP contribution in [0.3, 0.4) is 0 Å². The van der Waals surface area contributed by atoms with Gasteiger partial charge in [-0.25, -0.2) is 4.98 Å². The summed E-state index contributed by atoms with van der Waals surface area (Å²) in [6.45, 7) is 0. The molecule has 0 aliphatic carbocycles. The van der Waals surface area contributed by atoms with Crippen molar-refractivity contribution in [3.8, 4) is 0 Å². The van der Waals surface area contributed by atoms with E-state index in [0.717, 1.165) is 22.2 Å². The van der Waals surface area contributed by atoms with Gasteiger partial charge in [-0.2, -0.15) is 13.2 Å². The van der Waals surface area contributed by atoms with Crippen LogP contribution in [0, 0.1) is 0 Å². The summed E-state index contributed by atoms with van der Waals surface area (Å²) < 4.78 is 41.2. The fourth-order valence-electron chi connectivity index (χ4n) is 3.27. The van der Waals surface area contributed by atoms with Crippen LogP contribution in [0.1, 0.15) is 5.56 Å². The van der Waals surface area contributed by atoms with E-state index in [-0.39, 0.29) is 0 Å². The molecular weight excluding hydrogens is 329 g/mol. The maximum atomic E-state index is 13.2. The van der Waals surface area contributed by atoms with E-state index in [0.29, 0.717) is 22.1 Å². The van der Waals surface area contributed by atoms with Gasteiger partial charge in [-0.3, -0.25) is 4.40 Å². The zero-order valence-corrected chi connectivity index (χ0v) is 12.6. The Labute approximate surface area is 138 Å². The van der Waals surface area contributed by atoms with E-state index >= 15 is 0 Å². The monoisotopic (exact) mass is 338 g/mol. The lowest BCUT2D eigenvalue weighted by Gasteiger charge is -2.12. The Morgan fingerprint density at radius 2 is 1.60 bits per heavy atom. The van der Waals surface area contributed by atoms with Crippen molar-refractivity contribution >= 4 is 38.2 Å². The predicted molar refractivity (Wildman–Crippen MR) is 88.3 cm³/mol. The molecule has 0 unspecified atom stereocenters. The van der Waals surface area contributed by atoms with Crippen LogP contribution in [0.15, 0.2) is 55.0 Å². The van der Waals surface area contributed by atoms with Crippen LogP contribution in [0.2, 0.25) is 0 Å². The summed E-state index contributed by atoms with van der Waals surface area (Å²) in [7, 11) is 0. The van der Waals surface area contributed by atoms with Gasteiger partial charge in [0.1, 0.15) is 6.33 Å². The zero-order chi connectivity index (χ0) is 17.2. The molecule has 4 nitrogen and oxygen atoms in total. The summed E-state index contributed by atoms with van der Waals surface area (Å²) >= 11 is 0. The molecule has 2 heterocycles. The highest BCUT2D eigenvalue weighted by Gasteiger charge is 2.30. The number of hydrogen-bond acceptors (Lipinski definition) is 3. The number of fused-ring (bicyclic) bond motifs is 7. The molecule has 122 valence electrons. The number of aromatic nitrogens is 4. The highest BCUT2D eigenvalue weighted by atomic mass is 19.4. The second-order valence-electron chi connectivity index (χ2n) is 5.85. The van der Waals surface area contributed by atoms with Crippen molar-refractivity contribution in [2.75, 3.05) is 0 Å². The zero-order valence-electron chi connectivity index (χ0n) is 12.6. The molecule has 0 bridgehead atoms. The summed E-state index contributed by atoms with van der Waals surface area (Å²) in [4.78, 5) is 4.55. The molecule has 0 aliphatic rings. The van der Waals surface area contributed by atoms with Crippen molar-refractivity contribution in [1.29, 1.82) is 0 Å². The first-order valence-corrected chi connectivity index (χ1v) is 7.54. The first-order chi connectivity index (χ1) is 12.0. The third-order valence-corrected chi connectivity index (χ3v) is 4.40. The van der Waals surface area contributed by atoms with Crippen LogP contribution in [-0.4, -0.2) is 19.6 Å². The molecule has 0 N–H and O–H groups in total. The lowest BCUT2D eigenvalue weighted by Crippen LogP contribution is -2.04. The summed E-state index contributed by atoms with van der Waals surface area (Å²) in [6.07, 6.45) is -1.06. The third kappa shape index (κ3) is 1.98. The Balaban J connectivity index is 2.06. The van der Waals surface area contributed by atoms with E-state index in [4.69, 9.17) is 0 Å². The molecule has 3 aromatic carbocycles. The third-order valence-electron chi connectivity index (χ3n) is 4.40. The Bertz CT molecular complexity index is 1290. The highest BCUT2D eigenvalue weighted by Crippen LogP contribution is 2.38. The van der Waals surface area contributed by atoms with Gasteiger partial charge in [0, 0.05) is 17.0 Å². The van der Waals surface area contributed by atoms with Gasteiger partial charge in [-0.15, -0.1) is 10.2 Å². The Morgan fingerprint density at radius 1 is 0.840 bits per heavy atom. The second kappa shape index (κ2) is 4.66. The average molecular weight is 338 g/mol. The SMILES string of the molecule is FC(F)(F)c1ccc2c(c1)c1ccccc1c1nc3nncn3cc21. The van der Waals surface area contributed by atoms with E-state index in [1.807, 2.05) is 24.3 Å². The standard InChI is InChI=1S/C18H9F3N4/c19-18(20,21)10-5-6-12-14(7-10)11-3-1-2-4-13(11)16-15(12)8-25-9-22-24-17(25)23-16/h1-9H. The highest BCUT2D eigenvalue weighted by molar-refractivity contribution is 6.24. The molecule has 0 saturated heterocycles. The van der Waals surface area contributed by atoms with Crippen LogP contribution in [0.5, 0.6) is 0 Å². The topological polar surface area (TPSA) is 43.1 Å². The van der Waals surface area contributed by atoms with Crippen molar-refractivity contribution in [3.63, 3.8) is 0 Å². The van der Waals surface area contributed by atoms with Crippen molar-refractivity contribution < 1.29 is 13.2 Å². The quantitative estimate of drug-likeness (QED) is 0.388. The van der Waals surface area contributed by atoms with Gasteiger partial charge < -0.3 is 0 Å². The Hall–Kier alpha value is -3.22. The van der Waals surface area contributed by atoms with Crippen molar-refractivity contribution in [1.82, 2.24) is 19.6 Å². The Kier molecular flexibility index (Phi) is 2.64. The number of halogens is 3. The molecule has 0 amide bonds. The maximum absolute atomic E-state index is 13.2. The fourth-order valence-corrected chi connectivity index (χ4v) is 3.27. The molecule has 5 rings (SSSR count). The van der Waals surface area contributed by atoms with Gasteiger partial charge in [0.05, 0.1) is 11.1 Å². The predicted octanol–water partition coefficient (Wildman–Crippen LogP) is 4.60. The number of rotatable bonds is 0. The molecule has 0 fully saturated rings.